The van der Waals surface area contributed by atoms with Gasteiger partial charge in [-0.05, 0) is 19.8 Å². The van der Waals surface area contributed by atoms with Crippen LogP contribution in [0.5, 0.6) is 0 Å². The Kier molecular flexibility index (Phi) is 34.1. The third-order valence-electron chi connectivity index (χ3n) is 7.92. The smallest absolute Gasteiger partial charge is 0.305 e. The lowest BCUT2D eigenvalue weighted by Crippen LogP contribution is -2.28. The van der Waals surface area contributed by atoms with Crippen LogP contribution in [-0.2, 0) is 23.8 Å². The van der Waals surface area contributed by atoms with Crippen molar-refractivity contribution in [3.8, 4) is 0 Å². The van der Waals surface area contributed by atoms with Crippen LogP contribution in [0.25, 0.3) is 0 Å². The zero-order valence-electron chi connectivity index (χ0n) is 29.2. The molecule has 0 aliphatic carbocycles. The Balaban J connectivity index is 4.17. The van der Waals surface area contributed by atoms with E-state index in [1.807, 2.05) is 43.4 Å². The molecule has 5 nitrogen and oxygen atoms in total. The van der Waals surface area contributed by atoms with Crippen LogP contribution in [0.15, 0.2) is 36.5 Å². The summed E-state index contributed by atoms with van der Waals surface area (Å²) in [4.78, 5) is 24.7. The van der Waals surface area contributed by atoms with E-state index in [1.54, 1.807) is 0 Å². The molecular formula is C39H70O5. The molecule has 0 atom stereocenters. The molecule has 0 N–H and O–H groups in total. The average Bonchev–Trinajstić information content (AvgIpc) is 3.02. The van der Waals surface area contributed by atoms with E-state index in [4.69, 9.17) is 14.2 Å². The molecule has 0 saturated carbocycles. The molecule has 0 heterocycles. The summed E-state index contributed by atoms with van der Waals surface area (Å²) in [6.07, 6.45) is 39.5. The van der Waals surface area contributed by atoms with Crippen molar-refractivity contribution in [2.45, 2.75) is 181 Å². The van der Waals surface area contributed by atoms with E-state index in [2.05, 4.69) is 13.8 Å². The van der Waals surface area contributed by atoms with Crippen molar-refractivity contribution >= 4 is 11.9 Å². The number of esters is 2. The quantitative estimate of drug-likeness (QED) is 0.0416. The van der Waals surface area contributed by atoms with Crippen molar-refractivity contribution in [2.75, 3.05) is 19.8 Å². The van der Waals surface area contributed by atoms with Crippen LogP contribution < -0.4 is 0 Å². The van der Waals surface area contributed by atoms with Gasteiger partial charge in [-0.15, -0.1) is 0 Å². The highest BCUT2D eigenvalue weighted by atomic mass is 16.6. The Morgan fingerprint density at radius 2 is 0.864 bits per heavy atom. The molecule has 0 rings (SSSR count). The van der Waals surface area contributed by atoms with E-state index in [-0.39, 0.29) is 25.2 Å². The lowest BCUT2D eigenvalue weighted by atomic mass is 10.1. The molecule has 0 amide bonds. The number of carbonyl (C=O) groups excluding carboxylic acids is 2. The second-order valence-electron chi connectivity index (χ2n) is 12.2. The summed E-state index contributed by atoms with van der Waals surface area (Å²) < 4.78 is 16.9. The normalized spacial score (nSPS) is 11.9. The molecule has 0 aromatic carbocycles. The third-order valence-corrected chi connectivity index (χ3v) is 7.92. The minimum Gasteiger partial charge on any atom is -0.463 e. The van der Waals surface area contributed by atoms with Crippen LogP contribution in [-0.4, -0.2) is 37.9 Å². The van der Waals surface area contributed by atoms with Crippen LogP contribution in [0.4, 0.5) is 0 Å². The molecule has 0 aliphatic heterocycles. The molecule has 0 saturated heterocycles. The highest BCUT2D eigenvalue weighted by molar-refractivity contribution is 5.69. The number of allylic oxidation sites excluding steroid dienone is 5. The lowest BCUT2D eigenvalue weighted by Gasteiger charge is -2.17. The Bertz CT molecular complexity index is 669. The van der Waals surface area contributed by atoms with Crippen molar-refractivity contribution in [1.82, 2.24) is 0 Å². The maximum Gasteiger partial charge on any atom is 0.305 e. The van der Waals surface area contributed by atoms with Gasteiger partial charge in [-0.25, -0.2) is 0 Å². The molecule has 0 fully saturated rings. The molecule has 0 unspecified atom stereocenters. The van der Waals surface area contributed by atoms with Gasteiger partial charge in [-0.1, -0.05) is 179 Å². The summed E-state index contributed by atoms with van der Waals surface area (Å²) in [6.45, 7) is 7.04. The third kappa shape index (κ3) is 33.0. The topological polar surface area (TPSA) is 61.8 Å². The summed E-state index contributed by atoms with van der Waals surface area (Å²) in [5.41, 5.74) is 0. The molecule has 44 heavy (non-hydrogen) atoms. The van der Waals surface area contributed by atoms with Crippen LogP contribution in [0.1, 0.15) is 175 Å². The molecular weight excluding hydrogens is 548 g/mol. The predicted octanol–water partition coefficient (Wildman–Crippen LogP) is 11.5. The molecule has 0 bridgehead atoms. The van der Waals surface area contributed by atoms with E-state index in [1.165, 1.54) is 116 Å². The Morgan fingerprint density at radius 3 is 1.25 bits per heavy atom. The highest BCUT2D eigenvalue weighted by Crippen LogP contribution is 2.14. The minimum atomic E-state index is -0.471. The fourth-order valence-corrected chi connectivity index (χ4v) is 5.09. The van der Waals surface area contributed by atoms with Crippen molar-refractivity contribution in [2.24, 2.45) is 0 Å². The summed E-state index contributed by atoms with van der Waals surface area (Å²) in [6, 6.07) is 0. The first-order valence-corrected chi connectivity index (χ1v) is 18.5. The molecule has 256 valence electrons. The Morgan fingerprint density at radius 1 is 0.500 bits per heavy atom. The first-order valence-electron chi connectivity index (χ1n) is 18.5. The minimum absolute atomic E-state index is 0.102. The maximum absolute atomic E-state index is 12.3. The van der Waals surface area contributed by atoms with Gasteiger partial charge >= 0.3 is 11.9 Å². The molecule has 0 spiro atoms. The fourth-order valence-electron chi connectivity index (χ4n) is 5.09. The molecule has 0 aliphatic rings. The fraction of sp³-hybridized carbons (Fsp3) is 0.795. The standard InChI is InChI=1S/C39H70O5/c1-4-7-10-13-16-18-20-22-24-26-29-32-38(40)43-35-37(42-34-31-28-15-12-9-6-3)36-44-39(41)33-30-27-25-23-21-19-17-14-11-8-5-2/h6,9,12,15,28,31,37H,4-5,7-8,10-11,13-14,16-27,29-30,32-36H2,1-3H3/b9-6+,15-12+,31-28+. The van der Waals surface area contributed by atoms with Gasteiger partial charge in [0.1, 0.15) is 19.3 Å². The van der Waals surface area contributed by atoms with E-state index in [9.17, 15) is 9.59 Å². The molecule has 0 aromatic heterocycles. The predicted molar refractivity (Wildman–Crippen MR) is 187 cm³/mol. The zero-order valence-corrected chi connectivity index (χ0v) is 29.2. The number of unbranched alkanes of at least 4 members (excludes halogenated alkanes) is 20. The molecule has 5 heteroatoms. The molecule has 0 radical (unpaired) electrons. The summed E-state index contributed by atoms with van der Waals surface area (Å²) >= 11 is 0. The van der Waals surface area contributed by atoms with Crippen LogP contribution >= 0.6 is 0 Å². The van der Waals surface area contributed by atoms with E-state index < -0.39 is 6.10 Å². The SMILES string of the molecule is C/C=C/C=C/C=C/COC(COC(=O)CCCCCCCCCCCCC)COC(=O)CCCCCCCCCCCCC. The second-order valence-corrected chi connectivity index (χ2v) is 12.2. The maximum atomic E-state index is 12.3. The van der Waals surface area contributed by atoms with Crippen molar-refractivity contribution < 1.29 is 23.8 Å². The first-order chi connectivity index (χ1) is 21.6. The van der Waals surface area contributed by atoms with Crippen LogP contribution in [0.2, 0.25) is 0 Å². The second kappa shape index (κ2) is 35.6. The van der Waals surface area contributed by atoms with Crippen molar-refractivity contribution in [1.29, 1.82) is 0 Å². The van der Waals surface area contributed by atoms with Crippen LogP contribution in [0.3, 0.4) is 0 Å². The van der Waals surface area contributed by atoms with Gasteiger partial charge in [-0.2, -0.15) is 0 Å². The number of ether oxygens (including phenoxy) is 3. The Hall–Kier alpha value is -1.88. The Labute approximate surface area is 272 Å². The first kappa shape index (κ1) is 42.1. The van der Waals surface area contributed by atoms with E-state index >= 15 is 0 Å². The van der Waals surface area contributed by atoms with Crippen molar-refractivity contribution in [3.05, 3.63) is 36.5 Å². The largest absolute Gasteiger partial charge is 0.463 e. The number of hydrogen-bond acceptors (Lipinski definition) is 5. The number of hydrogen-bond donors (Lipinski definition) is 0. The van der Waals surface area contributed by atoms with Gasteiger partial charge in [0.25, 0.3) is 0 Å². The van der Waals surface area contributed by atoms with Gasteiger partial charge in [0.15, 0.2) is 0 Å². The molecule has 0 aromatic rings. The zero-order chi connectivity index (χ0) is 32.2. The highest BCUT2D eigenvalue weighted by Gasteiger charge is 2.15. The number of carbonyl (C=O) groups is 2. The van der Waals surface area contributed by atoms with Gasteiger partial charge in [0.2, 0.25) is 0 Å². The van der Waals surface area contributed by atoms with Gasteiger partial charge in [0.05, 0.1) is 6.61 Å². The number of rotatable bonds is 33. The van der Waals surface area contributed by atoms with Gasteiger partial charge < -0.3 is 14.2 Å². The van der Waals surface area contributed by atoms with E-state index in [0.717, 1.165) is 25.7 Å². The lowest BCUT2D eigenvalue weighted by molar-refractivity contribution is -0.154. The van der Waals surface area contributed by atoms with Gasteiger partial charge in [-0.3, -0.25) is 9.59 Å². The van der Waals surface area contributed by atoms with Gasteiger partial charge in [0, 0.05) is 12.8 Å². The summed E-state index contributed by atoms with van der Waals surface area (Å²) in [5, 5.41) is 0. The monoisotopic (exact) mass is 619 g/mol. The van der Waals surface area contributed by atoms with Crippen LogP contribution in [0, 0.1) is 0 Å². The average molecular weight is 619 g/mol. The summed E-state index contributed by atoms with van der Waals surface area (Å²) in [5.74, 6) is -0.404. The summed E-state index contributed by atoms with van der Waals surface area (Å²) in [7, 11) is 0. The van der Waals surface area contributed by atoms with Crippen molar-refractivity contribution in [3.63, 3.8) is 0 Å². The van der Waals surface area contributed by atoms with E-state index in [0.29, 0.717) is 19.4 Å².